The third-order valence-corrected chi connectivity index (χ3v) is 6.59. The molecule has 0 bridgehead atoms. The number of nitrogens with one attached hydrogen (secondary N) is 1. The highest BCUT2D eigenvalue weighted by Crippen LogP contribution is 2.38. The molecule has 2 aromatic heterocycles. The van der Waals surface area contributed by atoms with E-state index in [2.05, 4.69) is 20.3 Å². The molecule has 1 saturated heterocycles. The number of pyridine rings is 1. The van der Waals surface area contributed by atoms with Crippen LogP contribution in [-0.4, -0.2) is 58.0 Å². The third-order valence-electron chi connectivity index (χ3n) is 6.59. The molecule has 3 N–H and O–H groups in total. The molecule has 1 fully saturated rings. The number of nitrogens with two attached hydrogens (primary N) is 1. The van der Waals surface area contributed by atoms with E-state index in [1.54, 1.807) is 42.6 Å². The molecule has 3 heterocycles. The average Bonchev–Trinajstić information content (AvgIpc) is 2.97. The Morgan fingerprint density at radius 2 is 1.59 bits per heavy atom. The van der Waals surface area contributed by atoms with Gasteiger partial charge in [0.2, 0.25) is 0 Å². The maximum Gasteiger partial charge on any atom is 0.417 e. The fourth-order valence-corrected chi connectivity index (χ4v) is 4.53. The Hall–Kier alpha value is -5.07. The van der Waals surface area contributed by atoms with E-state index in [1.165, 1.54) is 23.4 Å². The van der Waals surface area contributed by atoms with Gasteiger partial charge in [-0.15, -0.1) is 0 Å². The summed E-state index contributed by atoms with van der Waals surface area (Å²) in [5, 5.41) is 2.63. The Morgan fingerprint density at radius 3 is 2.22 bits per heavy atom. The van der Waals surface area contributed by atoms with Crippen molar-refractivity contribution in [1.82, 2.24) is 19.9 Å². The maximum absolute atomic E-state index is 15.1. The number of carbonyl (C=O) groups is 2. The minimum Gasteiger partial charge on any atom is -0.367 e. The lowest BCUT2D eigenvalue weighted by molar-refractivity contribution is -0.137. The second kappa shape index (κ2) is 11.2. The Balaban J connectivity index is 1.53. The lowest BCUT2D eigenvalue weighted by Crippen LogP contribution is -2.50. The number of alkyl halides is 3. The second-order valence-electron chi connectivity index (χ2n) is 9.17. The maximum atomic E-state index is 15.1. The summed E-state index contributed by atoms with van der Waals surface area (Å²) in [7, 11) is 0. The predicted octanol–water partition coefficient (Wildman–Crippen LogP) is 4.82. The van der Waals surface area contributed by atoms with Crippen LogP contribution in [0.5, 0.6) is 0 Å². The van der Waals surface area contributed by atoms with Gasteiger partial charge < -0.3 is 20.9 Å². The standard InChI is InChI=1S/C28H23F4N7O2/c29-22-15-21(28(30,31)32)19(25-34-7-4-8-35-25)14-20(22)26(40)37-23-13-18(38-9-11-39(12-10-38)27(33)41)16-36-24(23)17-5-2-1-3-6-17/h1-8,13-16H,9-12H2,(H2,33,41)(H,37,40). The molecule has 13 heteroatoms. The minimum atomic E-state index is -4.92. The van der Waals surface area contributed by atoms with E-state index in [4.69, 9.17) is 5.73 Å². The SMILES string of the molecule is NC(=O)N1CCN(c2cnc(-c3ccccc3)c(NC(=O)c3cc(-c4ncccn4)c(C(F)(F)F)cc3F)c2)CC1. The predicted molar refractivity (Wildman–Crippen MR) is 143 cm³/mol. The summed E-state index contributed by atoms with van der Waals surface area (Å²) in [6, 6.07) is 12.5. The molecule has 210 valence electrons. The highest BCUT2D eigenvalue weighted by Gasteiger charge is 2.36. The van der Waals surface area contributed by atoms with Crippen molar-refractivity contribution < 1.29 is 27.2 Å². The van der Waals surface area contributed by atoms with Gasteiger partial charge in [-0.1, -0.05) is 30.3 Å². The van der Waals surface area contributed by atoms with Crippen molar-refractivity contribution in [2.24, 2.45) is 5.73 Å². The molecule has 0 atom stereocenters. The molecule has 1 aliphatic rings. The Labute approximate surface area is 231 Å². The average molecular weight is 566 g/mol. The number of primary amides is 1. The first-order valence-corrected chi connectivity index (χ1v) is 12.5. The number of urea groups is 1. The molecule has 9 nitrogen and oxygen atoms in total. The number of aromatic nitrogens is 3. The largest absolute Gasteiger partial charge is 0.417 e. The number of hydrogen-bond donors (Lipinski definition) is 2. The summed E-state index contributed by atoms with van der Waals surface area (Å²) in [5.74, 6) is -2.65. The highest BCUT2D eigenvalue weighted by atomic mass is 19.4. The van der Waals surface area contributed by atoms with Gasteiger partial charge in [0, 0.05) is 49.7 Å². The zero-order chi connectivity index (χ0) is 29.1. The molecule has 1 aliphatic heterocycles. The van der Waals surface area contributed by atoms with E-state index < -0.39 is 40.6 Å². The van der Waals surface area contributed by atoms with Gasteiger partial charge in [0.1, 0.15) is 5.82 Å². The second-order valence-corrected chi connectivity index (χ2v) is 9.17. The van der Waals surface area contributed by atoms with Crippen LogP contribution in [0.25, 0.3) is 22.6 Å². The molecule has 0 unspecified atom stereocenters. The summed E-state index contributed by atoms with van der Waals surface area (Å²) >= 11 is 0. The molecule has 2 aromatic carbocycles. The van der Waals surface area contributed by atoms with Gasteiger partial charge in [0.05, 0.1) is 34.4 Å². The number of nitrogens with zero attached hydrogens (tertiary/aromatic N) is 5. The van der Waals surface area contributed by atoms with Gasteiger partial charge >= 0.3 is 12.2 Å². The van der Waals surface area contributed by atoms with Gasteiger partial charge in [0.25, 0.3) is 5.91 Å². The number of hydrogen-bond acceptors (Lipinski definition) is 6. The van der Waals surface area contributed by atoms with Crippen molar-refractivity contribution >= 4 is 23.3 Å². The molecule has 41 heavy (non-hydrogen) atoms. The quantitative estimate of drug-likeness (QED) is 0.335. The van der Waals surface area contributed by atoms with E-state index >= 15 is 4.39 Å². The first kappa shape index (κ1) is 27.5. The van der Waals surface area contributed by atoms with Gasteiger partial charge in [0.15, 0.2) is 5.82 Å². The van der Waals surface area contributed by atoms with Gasteiger partial charge in [-0.2, -0.15) is 13.2 Å². The third kappa shape index (κ3) is 5.93. The summed E-state index contributed by atoms with van der Waals surface area (Å²) in [6.07, 6.45) is -0.806. The minimum absolute atomic E-state index is 0.216. The van der Waals surface area contributed by atoms with Crippen LogP contribution >= 0.6 is 0 Å². The van der Waals surface area contributed by atoms with E-state index in [-0.39, 0.29) is 17.6 Å². The van der Waals surface area contributed by atoms with Crippen LogP contribution in [0.15, 0.2) is 73.2 Å². The fourth-order valence-electron chi connectivity index (χ4n) is 4.53. The normalized spacial score (nSPS) is 13.7. The van der Waals surface area contributed by atoms with Crippen molar-refractivity contribution in [3.63, 3.8) is 0 Å². The smallest absolute Gasteiger partial charge is 0.367 e. The van der Waals surface area contributed by atoms with Crippen molar-refractivity contribution in [3.8, 4) is 22.6 Å². The van der Waals surface area contributed by atoms with E-state index in [0.29, 0.717) is 43.1 Å². The molecule has 3 amide bonds. The number of benzene rings is 2. The molecule has 0 saturated carbocycles. The van der Waals surface area contributed by atoms with Crippen LogP contribution < -0.4 is 16.0 Å². The number of rotatable bonds is 5. The van der Waals surface area contributed by atoms with E-state index in [1.807, 2.05) is 4.90 Å². The number of anilines is 2. The molecular weight excluding hydrogens is 542 g/mol. The number of piperazine rings is 1. The van der Waals surface area contributed by atoms with Gasteiger partial charge in [-0.25, -0.2) is 19.2 Å². The van der Waals surface area contributed by atoms with Crippen LogP contribution in [0.2, 0.25) is 0 Å². The zero-order valence-electron chi connectivity index (χ0n) is 21.4. The zero-order valence-corrected chi connectivity index (χ0v) is 21.4. The van der Waals surface area contributed by atoms with Gasteiger partial charge in [-0.3, -0.25) is 9.78 Å². The molecule has 0 spiro atoms. The highest BCUT2D eigenvalue weighted by molar-refractivity contribution is 6.07. The molecule has 5 rings (SSSR count). The van der Waals surface area contributed by atoms with E-state index in [9.17, 15) is 22.8 Å². The first-order chi connectivity index (χ1) is 19.6. The van der Waals surface area contributed by atoms with Crippen LogP contribution in [-0.2, 0) is 6.18 Å². The topological polar surface area (TPSA) is 117 Å². The van der Waals surface area contributed by atoms with Crippen LogP contribution in [0.4, 0.5) is 33.7 Å². The molecular formula is C28H23F4N7O2. The summed E-state index contributed by atoms with van der Waals surface area (Å²) in [6.45, 7) is 1.68. The Bertz CT molecular complexity index is 1580. The van der Waals surface area contributed by atoms with Crippen molar-refractivity contribution in [2.45, 2.75) is 6.18 Å². The summed E-state index contributed by atoms with van der Waals surface area (Å²) in [4.78, 5) is 40.6. The van der Waals surface area contributed by atoms with Crippen molar-refractivity contribution in [2.75, 3.05) is 36.4 Å². The van der Waals surface area contributed by atoms with Crippen LogP contribution in [0, 0.1) is 5.82 Å². The van der Waals surface area contributed by atoms with Crippen molar-refractivity contribution in [3.05, 3.63) is 90.1 Å². The molecule has 4 aromatic rings. The Kier molecular flexibility index (Phi) is 7.51. The first-order valence-electron chi connectivity index (χ1n) is 12.5. The van der Waals surface area contributed by atoms with Crippen LogP contribution in [0.3, 0.4) is 0 Å². The summed E-state index contributed by atoms with van der Waals surface area (Å²) in [5.41, 5.74) is 4.77. The van der Waals surface area contributed by atoms with E-state index in [0.717, 1.165) is 6.07 Å². The summed E-state index contributed by atoms with van der Waals surface area (Å²) < 4.78 is 56.3. The Morgan fingerprint density at radius 1 is 0.902 bits per heavy atom. The number of amides is 3. The molecule has 0 radical (unpaired) electrons. The lowest BCUT2D eigenvalue weighted by atomic mass is 10.0. The number of carbonyl (C=O) groups excluding carboxylic acids is 2. The lowest BCUT2D eigenvalue weighted by Gasteiger charge is -2.35. The number of halogens is 4. The van der Waals surface area contributed by atoms with Crippen molar-refractivity contribution in [1.29, 1.82) is 0 Å². The van der Waals surface area contributed by atoms with Crippen LogP contribution in [0.1, 0.15) is 15.9 Å². The fraction of sp³-hybridized carbons (Fsp3) is 0.179. The van der Waals surface area contributed by atoms with Gasteiger partial charge in [-0.05, 0) is 24.3 Å². The molecule has 0 aliphatic carbocycles. The monoisotopic (exact) mass is 565 g/mol.